The molecule has 0 spiro atoms. The predicted octanol–water partition coefficient (Wildman–Crippen LogP) is 12.5. The zero-order chi connectivity index (χ0) is 32.6. The number of hydrogen-bond donors (Lipinski definition) is 0. The van der Waals surface area contributed by atoms with E-state index in [2.05, 4.69) is 199 Å². The molecule has 0 saturated carbocycles. The summed E-state index contributed by atoms with van der Waals surface area (Å²) in [5.41, 5.74) is 14.7. The van der Waals surface area contributed by atoms with Crippen LogP contribution in [0.1, 0.15) is 0 Å². The average Bonchev–Trinajstić information content (AvgIpc) is 3.60. The molecule has 0 saturated heterocycles. The van der Waals surface area contributed by atoms with E-state index >= 15 is 0 Å². The summed E-state index contributed by atoms with van der Waals surface area (Å²) in [5.74, 6) is 0. The third-order valence-corrected chi connectivity index (χ3v) is 9.40. The monoisotopic (exact) mass is 624 g/mol. The number of fused-ring (bicyclic) bond motifs is 3. The Bertz CT molecular complexity index is 2550. The summed E-state index contributed by atoms with van der Waals surface area (Å²) in [7, 11) is 0. The van der Waals surface area contributed by atoms with E-state index in [0.29, 0.717) is 0 Å². The van der Waals surface area contributed by atoms with Gasteiger partial charge in [0.05, 0.1) is 11.2 Å². The quantitative estimate of drug-likeness (QED) is 0.180. The molecule has 0 fully saturated rings. The Kier molecular flexibility index (Phi) is 7.18. The standard InChI is InChI=1S/C47H32N2/c1-6-17-33(18-7-1)38-27-16-28-39(29-38)45-46(37-25-14-5-15-26-37)48-49-44(36-23-12-4-13-24-36)31-40-30-41(34-19-8-2-9-20-34)42(32-43(40)47(45)49)35-21-10-3-11-22-35/h1-32H. The topological polar surface area (TPSA) is 17.3 Å². The molecule has 0 N–H and O–H groups in total. The second-order valence-electron chi connectivity index (χ2n) is 12.4. The van der Waals surface area contributed by atoms with Crippen molar-refractivity contribution in [2.75, 3.05) is 0 Å². The molecule has 2 nitrogen and oxygen atoms in total. The van der Waals surface area contributed by atoms with Gasteiger partial charge in [0.2, 0.25) is 0 Å². The van der Waals surface area contributed by atoms with Crippen LogP contribution in [0.3, 0.4) is 0 Å². The fourth-order valence-electron chi connectivity index (χ4n) is 7.07. The van der Waals surface area contributed by atoms with Crippen LogP contribution in [0.4, 0.5) is 0 Å². The van der Waals surface area contributed by atoms with Gasteiger partial charge in [-0.2, -0.15) is 5.10 Å². The Morgan fingerprint density at radius 2 is 0.816 bits per heavy atom. The Balaban J connectivity index is 1.45. The van der Waals surface area contributed by atoms with Gasteiger partial charge in [-0.05, 0) is 68.6 Å². The highest BCUT2D eigenvalue weighted by atomic mass is 15.2. The zero-order valence-corrected chi connectivity index (χ0v) is 26.9. The normalized spacial score (nSPS) is 11.3. The van der Waals surface area contributed by atoms with Crippen LogP contribution in [0.15, 0.2) is 194 Å². The maximum Gasteiger partial charge on any atom is 0.101 e. The molecular weight excluding hydrogens is 593 g/mol. The average molecular weight is 625 g/mol. The van der Waals surface area contributed by atoms with Crippen molar-refractivity contribution in [1.82, 2.24) is 9.61 Å². The minimum atomic E-state index is 0.962. The SMILES string of the molecule is c1ccc(-c2cccc(-c3c(-c4ccccc4)nn4c(-c5ccccc5)cc5cc(-c6ccccc6)c(-c6ccccc6)cc5c34)c2)cc1. The van der Waals surface area contributed by atoms with Gasteiger partial charge in [-0.25, -0.2) is 4.52 Å². The van der Waals surface area contributed by atoms with Gasteiger partial charge in [0, 0.05) is 22.1 Å². The first-order valence-corrected chi connectivity index (χ1v) is 16.7. The van der Waals surface area contributed by atoms with Gasteiger partial charge < -0.3 is 0 Å². The van der Waals surface area contributed by atoms with E-state index in [4.69, 9.17) is 5.10 Å². The predicted molar refractivity (Wildman–Crippen MR) is 205 cm³/mol. The van der Waals surface area contributed by atoms with Crippen molar-refractivity contribution >= 4 is 16.3 Å². The summed E-state index contributed by atoms with van der Waals surface area (Å²) in [6, 6.07) is 69.3. The molecule has 0 aliphatic heterocycles. The van der Waals surface area contributed by atoms with Crippen LogP contribution in [0, 0.1) is 0 Å². The lowest BCUT2D eigenvalue weighted by molar-refractivity contribution is 0.979. The number of benzene rings is 7. The first-order valence-electron chi connectivity index (χ1n) is 16.7. The van der Waals surface area contributed by atoms with E-state index < -0.39 is 0 Å². The molecule has 0 aliphatic rings. The highest BCUT2D eigenvalue weighted by Gasteiger charge is 2.23. The van der Waals surface area contributed by atoms with Gasteiger partial charge in [0.1, 0.15) is 5.69 Å². The second kappa shape index (κ2) is 12.3. The van der Waals surface area contributed by atoms with Crippen molar-refractivity contribution in [3.05, 3.63) is 194 Å². The maximum atomic E-state index is 5.49. The number of pyridine rings is 1. The van der Waals surface area contributed by atoms with Crippen LogP contribution in [0.2, 0.25) is 0 Å². The van der Waals surface area contributed by atoms with Crippen LogP contribution in [0.25, 0.3) is 83.3 Å². The van der Waals surface area contributed by atoms with Crippen LogP contribution in [-0.2, 0) is 0 Å². The van der Waals surface area contributed by atoms with E-state index in [1.165, 1.54) is 38.8 Å². The highest BCUT2D eigenvalue weighted by Crippen LogP contribution is 2.44. The lowest BCUT2D eigenvalue weighted by Gasteiger charge is -2.16. The van der Waals surface area contributed by atoms with Gasteiger partial charge in [-0.15, -0.1) is 0 Å². The number of rotatable bonds is 6. The summed E-state index contributed by atoms with van der Waals surface area (Å²) in [6.45, 7) is 0. The molecule has 0 bridgehead atoms. The molecular formula is C47H32N2. The molecule has 2 aromatic heterocycles. The van der Waals surface area contributed by atoms with Crippen molar-refractivity contribution in [1.29, 1.82) is 0 Å². The van der Waals surface area contributed by atoms with E-state index in [0.717, 1.165) is 44.5 Å². The zero-order valence-electron chi connectivity index (χ0n) is 26.9. The molecule has 2 heterocycles. The van der Waals surface area contributed by atoms with Crippen molar-refractivity contribution < 1.29 is 0 Å². The van der Waals surface area contributed by atoms with E-state index in [-0.39, 0.29) is 0 Å². The van der Waals surface area contributed by atoms with Crippen molar-refractivity contribution in [3.63, 3.8) is 0 Å². The van der Waals surface area contributed by atoms with Crippen LogP contribution in [-0.4, -0.2) is 9.61 Å². The van der Waals surface area contributed by atoms with Crippen molar-refractivity contribution in [2.45, 2.75) is 0 Å². The summed E-state index contributed by atoms with van der Waals surface area (Å²) < 4.78 is 2.18. The van der Waals surface area contributed by atoms with E-state index in [1.54, 1.807) is 0 Å². The number of nitrogens with zero attached hydrogens (tertiary/aromatic N) is 2. The third-order valence-electron chi connectivity index (χ3n) is 9.40. The summed E-state index contributed by atoms with van der Waals surface area (Å²) in [4.78, 5) is 0. The van der Waals surface area contributed by atoms with Gasteiger partial charge in [0.25, 0.3) is 0 Å². The molecule has 49 heavy (non-hydrogen) atoms. The minimum absolute atomic E-state index is 0.962. The van der Waals surface area contributed by atoms with E-state index in [9.17, 15) is 0 Å². The summed E-state index contributed by atoms with van der Waals surface area (Å²) in [6.07, 6.45) is 0. The van der Waals surface area contributed by atoms with Crippen LogP contribution in [0.5, 0.6) is 0 Å². The maximum absolute atomic E-state index is 5.49. The number of hydrogen-bond acceptors (Lipinski definition) is 1. The Morgan fingerprint density at radius 1 is 0.347 bits per heavy atom. The van der Waals surface area contributed by atoms with E-state index in [1.807, 2.05) is 0 Å². The second-order valence-corrected chi connectivity index (χ2v) is 12.4. The minimum Gasteiger partial charge on any atom is -0.231 e. The Morgan fingerprint density at radius 3 is 1.41 bits per heavy atom. The van der Waals surface area contributed by atoms with Crippen LogP contribution < -0.4 is 0 Å². The fourth-order valence-corrected chi connectivity index (χ4v) is 7.07. The molecule has 230 valence electrons. The molecule has 0 atom stereocenters. The molecule has 0 radical (unpaired) electrons. The molecule has 9 aromatic rings. The molecule has 0 unspecified atom stereocenters. The van der Waals surface area contributed by atoms with Crippen molar-refractivity contribution in [3.8, 4) is 67.0 Å². The lowest BCUT2D eigenvalue weighted by Crippen LogP contribution is -1.97. The Labute approximate surface area is 286 Å². The smallest absolute Gasteiger partial charge is 0.101 e. The van der Waals surface area contributed by atoms with Gasteiger partial charge in [0.15, 0.2) is 0 Å². The van der Waals surface area contributed by atoms with Crippen LogP contribution >= 0.6 is 0 Å². The summed E-state index contributed by atoms with van der Waals surface area (Å²) >= 11 is 0. The summed E-state index contributed by atoms with van der Waals surface area (Å²) in [5, 5.41) is 7.82. The first kappa shape index (κ1) is 28.7. The lowest BCUT2D eigenvalue weighted by atomic mass is 9.89. The first-order chi connectivity index (χ1) is 24.3. The molecule has 0 aliphatic carbocycles. The van der Waals surface area contributed by atoms with Gasteiger partial charge in [-0.3, -0.25) is 0 Å². The largest absolute Gasteiger partial charge is 0.231 e. The van der Waals surface area contributed by atoms with Gasteiger partial charge in [-0.1, -0.05) is 170 Å². The Hall–Kier alpha value is -6.51. The molecule has 2 heteroatoms. The fraction of sp³-hybridized carbons (Fsp3) is 0. The third kappa shape index (κ3) is 5.21. The molecule has 7 aromatic carbocycles. The van der Waals surface area contributed by atoms with Crippen molar-refractivity contribution in [2.24, 2.45) is 0 Å². The molecule has 9 rings (SSSR count). The molecule has 0 amide bonds. The number of aromatic nitrogens is 2. The highest BCUT2D eigenvalue weighted by molar-refractivity contribution is 6.11. The van der Waals surface area contributed by atoms with Gasteiger partial charge >= 0.3 is 0 Å².